The predicted molar refractivity (Wildman–Crippen MR) is 115 cm³/mol. The molecule has 4 rings (SSSR count). The number of methoxy groups -OCH3 is 2. The summed E-state index contributed by atoms with van der Waals surface area (Å²) in [6.07, 6.45) is 2.44. The van der Waals surface area contributed by atoms with Crippen molar-refractivity contribution < 1.29 is 14.3 Å². The predicted octanol–water partition coefficient (Wildman–Crippen LogP) is 4.44. The lowest BCUT2D eigenvalue weighted by Crippen LogP contribution is -2.38. The highest BCUT2D eigenvalue weighted by Crippen LogP contribution is 2.35. The van der Waals surface area contributed by atoms with Gasteiger partial charge >= 0.3 is 0 Å². The summed E-state index contributed by atoms with van der Waals surface area (Å²) >= 11 is 0. The molecular formula is C24H28N2O3. The Bertz CT molecular complexity index is 1000. The van der Waals surface area contributed by atoms with E-state index >= 15 is 0 Å². The van der Waals surface area contributed by atoms with E-state index in [9.17, 15) is 4.79 Å². The molecule has 152 valence electrons. The summed E-state index contributed by atoms with van der Waals surface area (Å²) in [4.78, 5) is 18.4. The molecule has 1 N–H and O–H groups in total. The van der Waals surface area contributed by atoms with E-state index in [4.69, 9.17) is 9.47 Å². The largest absolute Gasteiger partial charge is 0.493 e. The van der Waals surface area contributed by atoms with Gasteiger partial charge in [-0.15, -0.1) is 0 Å². The van der Waals surface area contributed by atoms with Gasteiger partial charge in [0.2, 0.25) is 5.91 Å². The Kier molecular flexibility index (Phi) is 5.47. The van der Waals surface area contributed by atoms with Crippen LogP contribution in [0.3, 0.4) is 0 Å². The number of aryl methyl sites for hydroxylation is 1. The van der Waals surface area contributed by atoms with Crippen LogP contribution >= 0.6 is 0 Å². The summed E-state index contributed by atoms with van der Waals surface area (Å²) in [5.74, 6) is 2.10. The molecule has 5 nitrogen and oxygen atoms in total. The Morgan fingerprint density at radius 3 is 2.38 bits per heavy atom. The Balaban J connectivity index is 1.49. The first-order chi connectivity index (χ1) is 14.1. The Hall–Kier alpha value is -2.95. The zero-order valence-corrected chi connectivity index (χ0v) is 17.3. The van der Waals surface area contributed by atoms with Crippen molar-refractivity contribution in [3.05, 3.63) is 59.3 Å². The Morgan fingerprint density at radius 2 is 1.72 bits per heavy atom. The highest BCUT2D eigenvalue weighted by molar-refractivity contribution is 5.92. The molecule has 1 saturated heterocycles. The quantitative estimate of drug-likeness (QED) is 0.698. The van der Waals surface area contributed by atoms with E-state index in [0.717, 1.165) is 48.1 Å². The van der Waals surface area contributed by atoms with Crippen molar-refractivity contribution >= 4 is 16.8 Å². The number of amides is 1. The number of hydrogen-bond donors (Lipinski definition) is 1. The molecule has 2 heterocycles. The van der Waals surface area contributed by atoms with Crippen LogP contribution in [0.2, 0.25) is 0 Å². The third-order valence-electron chi connectivity index (χ3n) is 6.07. The second kappa shape index (κ2) is 8.19. The number of nitrogens with one attached hydrogen (secondary N) is 1. The number of benzene rings is 2. The number of likely N-dealkylation sites (tertiary alicyclic amines) is 1. The van der Waals surface area contributed by atoms with E-state index in [1.807, 2.05) is 24.0 Å². The molecule has 3 aromatic rings. The second-order valence-electron chi connectivity index (χ2n) is 7.72. The number of carbonyl (C=O) groups is 1. The number of aromatic amines is 1. The van der Waals surface area contributed by atoms with Crippen molar-refractivity contribution in [1.82, 2.24) is 9.88 Å². The fourth-order valence-electron chi connectivity index (χ4n) is 4.39. The van der Waals surface area contributed by atoms with Gasteiger partial charge in [-0.05, 0) is 42.9 Å². The van der Waals surface area contributed by atoms with Crippen LogP contribution in [0.25, 0.3) is 10.9 Å². The van der Waals surface area contributed by atoms with Crippen LogP contribution in [0.1, 0.15) is 35.6 Å². The number of aromatic nitrogens is 1. The molecule has 0 atom stereocenters. The van der Waals surface area contributed by atoms with Gasteiger partial charge in [0.05, 0.1) is 20.6 Å². The Labute approximate surface area is 171 Å². The van der Waals surface area contributed by atoms with E-state index in [1.165, 1.54) is 5.56 Å². The van der Waals surface area contributed by atoms with Crippen LogP contribution in [0.4, 0.5) is 0 Å². The van der Waals surface area contributed by atoms with Gasteiger partial charge in [0.15, 0.2) is 11.5 Å². The van der Waals surface area contributed by atoms with E-state index in [0.29, 0.717) is 23.8 Å². The average molecular weight is 392 g/mol. The van der Waals surface area contributed by atoms with Crippen LogP contribution in [-0.2, 0) is 11.2 Å². The molecule has 0 unspecified atom stereocenters. The summed E-state index contributed by atoms with van der Waals surface area (Å²) in [6, 6.07) is 14.5. The summed E-state index contributed by atoms with van der Waals surface area (Å²) in [6.45, 7) is 3.65. The maximum absolute atomic E-state index is 13.0. The first kappa shape index (κ1) is 19.4. The van der Waals surface area contributed by atoms with E-state index in [2.05, 4.69) is 35.3 Å². The van der Waals surface area contributed by atoms with Crippen molar-refractivity contribution in [3.8, 4) is 11.5 Å². The van der Waals surface area contributed by atoms with Crippen LogP contribution in [0.5, 0.6) is 11.5 Å². The Morgan fingerprint density at radius 1 is 1.07 bits per heavy atom. The minimum Gasteiger partial charge on any atom is -0.493 e. The molecule has 0 saturated carbocycles. The number of piperidine rings is 1. The first-order valence-electron chi connectivity index (χ1n) is 10.2. The number of carbonyl (C=O) groups excluding carboxylic acids is 1. The number of fused-ring (bicyclic) bond motifs is 1. The average Bonchev–Trinajstić information content (AvgIpc) is 3.07. The number of H-pyrrole nitrogens is 1. The van der Waals surface area contributed by atoms with Crippen LogP contribution in [0.15, 0.2) is 42.5 Å². The SMILES string of the molecule is COc1cc2[nH]c(C)c(CC(=O)N3CCC(c4ccccc4)CC3)c2cc1OC. The summed E-state index contributed by atoms with van der Waals surface area (Å²) < 4.78 is 10.8. The standard InChI is InChI=1S/C24H28N2O3/c1-16-19(20-13-22(28-2)23(29-3)15-21(20)25-16)14-24(27)26-11-9-18(10-12-26)17-7-5-4-6-8-17/h4-8,13,15,18,25H,9-12,14H2,1-3H3. The molecule has 1 fully saturated rings. The van der Waals surface area contributed by atoms with Gasteiger partial charge < -0.3 is 19.4 Å². The third kappa shape index (κ3) is 3.82. The minimum atomic E-state index is 0.190. The molecule has 29 heavy (non-hydrogen) atoms. The van der Waals surface area contributed by atoms with E-state index in [1.54, 1.807) is 14.2 Å². The van der Waals surface area contributed by atoms with Crippen LogP contribution < -0.4 is 9.47 Å². The van der Waals surface area contributed by atoms with Gasteiger partial charge in [-0.1, -0.05) is 30.3 Å². The van der Waals surface area contributed by atoms with Crippen molar-refractivity contribution in [2.24, 2.45) is 0 Å². The number of ether oxygens (including phenoxy) is 2. The lowest BCUT2D eigenvalue weighted by atomic mass is 9.89. The first-order valence-corrected chi connectivity index (χ1v) is 10.2. The van der Waals surface area contributed by atoms with Crippen molar-refractivity contribution in [1.29, 1.82) is 0 Å². The fraction of sp³-hybridized carbons (Fsp3) is 0.375. The zero-order chi connectivity index (χ0) is 20.4. The van der Waals surface area contributed by atoms with Crippen molar-refractivity contribution in [2.45, 2.75) is 32.1 Å². The van der Waals surface area contributed by atoms with Crippen LogP contribution in [-0.4, -0.2) is 43.1 Å². The monoisotopic (exact) mass is 392 g/mol. The van der Waals surface area contributed by atoms with Gasteiger partial charge in [-0.2, -0.15) is 0 Å². The van der Waals surface area contributed by atoms with E-state index in [-0.39, 0.29) is 5.91 Å². The molecular weight excluding hydrogens is 364 g/mol. The second-order valence-corrected chi connectivity index (χ2v) is 7.72. The lowest BCUT2D eigenvalue weighted by molar-refractivity contribution is -0.131. The molecule has 0 radical (unpaired) electrons. The molecule has 1 aliphatic heterocycles. The molecule has 2 aromatic carbocycles. The maximum Gasteiger partial charge on any atom is 0.227 e. The molecule has 5 heteroatoms. The van der Waals surface area contributed by atoms with Crippen LogP contribution in [0, 0.1) is 6.92 Å². The van der Waals surface area contributed by atoms with Gasteiger partial charge in [-0.3, -0.25) is 4.79 Å². The normalized spacial score (nSPS) is 14.9. The zero-order valence-electron chi connectivity index (χ0n) is 17.3. The minimum absolute atomic E-state index is 0.190. The van der Waals surface area contributed by atoms with Gasteiger partial charge in [0.25, 0.3) is 0 Å². The summed E-state index contributed by atoms with van der Waals surface area (Å²) in [7, 11) is 3.26. The van der Waals surface area contributed by atoms with Crippen molar-refractivity contribution in [2.75, 3.05) is 27.3 Å². The van der Waals surface area contributed by atoms with Gasteiger partial charge in [0, 0.05) is 35.8 Å². The highest BCUT2D eigenvalue weighted by atomic mass is 16.5. The molecule has 1 aliphatic rings. The molecule has 1 amide bonds. The molecule has 0 aliphatic carbocycles. The number of hydrogen-bond acceptors (Lipinski definition) is 3. The third-order valence-corrected chi connectivity index (χ3v) is 6.07. The number of nitrogens with zero attached hydrogens (tertiary/aromatic N) is 1. The lowest BCUT2D eigenvalue weighted by Gasteiger charge is -2.32. The van der Waals surface area contributed by atoms with Gasteiger partial charge in [-0.25, -0.2) is 0 Å². The topological polar surface area (TPSA) is 54.6 Å². The highest BCUT2D eigenvalue weighted by Gasteiger charge is 2.25. The number of rotatable bonds is 5. The van der Waals surface area contributed by atoms with Gasteiger partial charge in [0.1, 0.15) is 0 Å². The smallest absolute Gasteiger partial charge is 0.227 e. The molecule has 0 bridgehead atoms. The summed E-state index contributed by atoms with van der Waals surface area (Å²) in [5.41, 5.74) is 4.40. The molecule has 1 aromatic heterocycles. The summed E-state index contributed by atoms with van der Waals surface area (Å²) in [5, 5.41) is 1.02. The van der Waals surface area contributed by atoms with E-state index < -0.39 is 0 Å². The fourth-order valence-corrected chi connectivity index (χ4v) is 4.39. The van der Waals surface area contributed by atoms with Crippen molar-refractivity contribution in [3.63, 3.8) is 0 Å². The molecule has 0 spiro atoms. The maximum atomic E-state index is 13.0.